The number of carbonyl (C=O) groups excluding carboxylic acids is 1. The zero-order valence-electron chi connectivity index (χ0n) is 16.8. The van der Waals surface area contributed by atoms with Crippen LogP contribution in [0.15, 0.2) is 40.6 Å². The molecule has 0 aliphatic carbocycles. The van der Waals surface area contributed by atoms with Gasteiger partial charge < -0.3 is 20.1 Å². The lowest BCUT2D eigenvalue weighted by Gasteiger charge is -2.25. The molecule has 4 heterocycles. The monoisotopic (exact) mass is 438 g/mol. The van der Waals surface area contributed by atoms with Crippen LogP contribution >= 0.6 is 11.3 Å². The van der Waals surface area contributed by atoms with Gasteiger partial charge in [-0.3, -0.25) is 19.1 Å². The van der Waals surface area contributed by atoms with Crippen molar-refractivity contribution in [3.8, 4) is 5.88 Å². The van der Waals surface area contributed by atoms with Gasteiger partial charge in [-0.25, -0.2) is 0 Å². The molecule has 1 saturated heterocycles. The number of nitrogens with one attached hydrogen (secondary N) is 2. The smallest absolute Gasteiger partial charge is 0.310 e. The average Bonchev–Trinajstić information content (AvgIpc) is 3.43. The molecule has 1 aromatic carbocycles. The second kappa shape index (κ2) is 8.18. The van der Waals surface area contributed by atoms with E-state index in [1.165, 1.54) is 9.95 Å². The van der Waals surface area contributed by atoms with Gasteiger partial charge in [-0.1, -0.05) is 17.4 Å². The van der Waals surface area contributed by atoms with Crippen LogP contribution in [0.25, 0.3) is 11.6 Å². The summed E-state index contributed by atoms with van der Waals surface area (Å²) in [5.74, 6) is -0.209. The van der Waals surface area contributed by atoms with E-state index in [1.807, 2.05) is 30.5 Å². The first-order valence-corrected chi connectivity index (χ1v) is 11.0. The molecule has 0 unspecified atom stereocenters. The van der Waals surface area contributed by atoms with Crippen LogP contribution in [0.5, 0.6) is 5.88 Å². The van der Waals surface area contributed by atoms with Crippen LogP contribution in [-0.4, -0.2) is 51.8 Å². The second-order valence-corrected chi connectivity index (χ2v) is 8.51. The van der Waals surface area contributed by atoms with Crippen LogP contribution < -0.4 is 10.2 Å². The number of thiazole rings is 1. The molecule has 2 aliphatic rings. The first-order valence-electron chi connectivity index (χ1n) is 10.1. The number of nitrogens with zero attached hydrogens (tertiary/aromatic N) is 2. The number of hydrogen-bond donors (Lipinski definition) is 3. The van der Waals surface area contributed by atoms with Crippen LogP contribution in [0.4, 0.5) is 5.69 Å². The van der Waals surface area contributed by atoms with Crippen molar-refractivity contribution in [1.82, 2.24) is 14.5 Å². The largest absolute Gasteiger partial charge is 0.494 e. The molecule has 2 aromatic heterocycles. The maximum atomic E-state index is 12.6. The number of carbonyl (C=O) groups is 1. The third-order valence-electron chi connectivity index (χ3n) is 5.54. The minimum absolute atomic E-state index is 0.0550. The first-order chi connectivity index (χ1) is 15.1. The minimum atomic E-state index is -0.219. The number of aromatic amines is 1. The Balaban J connectivity index is 1.39. The van der Waals surface area contributed by atoms with Gasteiger partial charge >= 0.3 is 4.87 Å². The van der Waals surface area contributed by atoms with Crippen LogP contribution in [0.2, 0.25) is 0 Å². The average molecular weight is 439 g/mol. The third kappa shape index (κ3) is 4.07. The Hall–Kier alpha value is -3.14. The lowest BCUT2D eigenvalue weighted by Crippen LogP contribution is -2.35. The van der Waals surface area contributed by atoms with Crippen molar-refractivity contribution in [2.75, 3.05) is 31.6 Å². The number of hydrogen-bond acceptors (Lipinski definition) is 6. The SMILES string of the molecule is O=C1Nc2ccc(Cn3c(O)csc3=O)cc2C1=Cc1c[nH]c(CN2CCOCC2)c1. The van der Waals surface area contributed by atoms with Crippen molar-refractivity contribution >= 4 is 34.6 Å². The molecule has 5 rings (SSSR count). The van der Waals surface area contributed by atoms with Crippen molar-refractivity contribution in [3.05, 3.63) is 67.9 Å². The quantitative estimate of drug-likeness (QED) is 0.531. The standard InChI is InChI=1S/C22H22N4O4S/c27-20-13-31-22(29)26(20)11-14-1-2-19-17(8-14)18(21(28)24-19)9-15-7-16(23-10-15)12-25-3-5-30-6-4-25/h1-2,7-10,13,23,27H,3-6,11-12H2,(H,24,28). The number of H-pyrrole nitrogens is 1. The molecule has 3 aromatic rings. The molecule has 160 valence electrons. The zero-order chi connectivity index (χ0) is 21.4. The highest BCUT2D eigenvalue weighted by Gasteiger charge is 2.25. The maximum absolute atomic E-state index is 12.6. The Bertz CT molecular complexity index is 1220. The topological polar surface area (TPSA) is 99.6 Å². The van der Waals surface area contributed by atoms with Gasteiger partial charge in [0.2, 0.25) is 5.88 Å². The van der Waals surface area contributed by atoms with Crippen molar-refractivity contribution < 1.29 is 14.6 Å². The van der Waals surface area contributed by atoms with Crippen molar-refractivity contribution in [3.63, 3.8) is 0 Å². The lowest BCUT2D eigenvalue weighted by atomic mass is 10.0. The van der Waals surface area contributed by atoms with Gasteiger partial charge in [0.25, 0.3) is 5.91 Å². The summed E-state index contributed by atoms with van der Waals surface area (Å²) in [6.07, 6.45) is 3.78. The fourth-order valence-corrected chi connectivity index (χ4v) is 4.55. The van der Waals surface area contributed by atoms with E-state index in [-0.39, 0.29) is 23.2 Å². The molecular weight excluding hydrogens is 416 g/mol. The molecule has 0 radical (unpaired) electrons. The van der Waals surface area contributed by atoms with E-state index in [9.17, 15) is 14.7 Å². The third-order valence-corrected chi connectivity index (χ3v) is 6.29. The Labute approximate surface area is 182 Å². The highest BCUT2D eigenvalue weighted by atomic mass is 32.1. The minimum Gasteiger partial charge on any atom is -0.494 e. The molecule has 31 heavy (non-hydrogen) atoms. The summed E-state index contributed by atoms with van der Waals surface area (Å²) in [4.78, 5) is 29.9. The van der Waals surface area contributed by atoms with Crippen molar-refractivity contribution in [2.45, 2.75) is 13.1 Å². The summed E-state index contributed by atoms with van der Waals surface area (Å²) in [6, 6.07) is 7.63. The fourth-order valence-electron chi connectivity index (χ4n) is 3.93. The van der Waals surface area contributed by atoms with Gasteiger partial charge in [0, 0.05) is 48.3 Å². The van der Waals surface area contributed by atoms with Gasteiger partial charge in [0.1, 0.15) is 0 Å². The Morgan fingerprint density at radius 1 is 1.16 bits per heavy atom. The number of fused-ring (bicyclic) bond motifs is 1. The van der Waals surface area contributed by atoms with Gasteiger partial charge in [-0.15, -0.1) is 0 Å². The highest BCUT2D eigenvalue weighted by Crippen LogP contribution is 2.34. The lowest BCUT2D eigenvalue weighted by molar-refractivity contribution is -0.110. The van der Waals surface area contributed by atoms with Gasteiger partial charge in [0.15, 0.2) is 0 Å². The van der Waals surface area contributed by atoms with E-state index < -0.39 is 0 Å². The summed E-state index contributed by atoms with van der Waals surface area (Å²) in [5.41, 5.74) is 4.97. The molecule has 1 amide bonds. The van der Waals surface area contributed by atoms with E-state index >= 15 is 0 Å². The molecular formula is C22H22N4O4S. The number of rotatable bonds is 5. The summed E-state index contributed by atoms with van der Waals surface area (Å²) in [5, 5.41) is 14.2. The molecule has 0 atom stereocenters. The molecule has 8 nitrogen and oxygen atoms in total. The van der Waals surface area contributed by atoms with E-state index in [0.29, 0.717) is 5.57 Å². The predicted octanol–water partition coefficient (Wildman–Crippen LogP) is 2.32. The highest BCUT2D eigenvalue weighted by molar-refractivity contribution is 7.07. The molecule has 1 fully saturated rings. The molecule has 0 saturated carbocycles. The Kier molecular flexibility index (Phi) is 5.23. The molecule has 0 bridgehead atoms. The van der Waals surface area contributed by atoms with Crippen LogP contribution in [0.1, 0.15) is 22.4 Å². The number of aromatic hydroxyl groups is 1. The number of aromatic nitrogens is 2. The fraction of sp³-hybridized carbons (Fsp3) is 0.273. The zero-order valence-corrected chi connectivity index (χ0v) is 17.6. The van der Waals surface area contributed by atoms with Gasteiger partial charge in [-0.05, 0) is 35.4 Å². The number of amides is 1. The number of benzene rings is 1. The summed E-state index contributed by atoms with van der Waals surface area (Å²) in [6.45, 7) is 4.40. The predicted molar refractivity (Wildman–Crippen MR) is 119 cm³/mol. The number of morpholine rings is 1. The van der Waals surface area contributed by atoms with E-state index in [4.69, 9.17) is 4.74 Å². The molecule has 3 N–H and O–H groups in total. The number of anilines is 1. The van der Waals surface area contributed by atoms with Crippen LogP contribution in [-0.2, 0) is 22.6 Å². The molecule has 0 spiro atoms. The molecule has 9 heteroatoms. The normalized spacial score (nSPS) is 17.8. The summed E-state index contributed by atoms with van der Waals surface area (Å²) >= 11 is 0.959. The maximum Gasteiger partial charge on any atom is 0.310 e. The van der Waals surface area contributed by atoms with Gasteiger partial charge in [0.05, 0.1) is 25.1 Å². The first kappa shape index (κ1) is 19.8. The number of ether oxygens (including phenoxy) is 1. The van der Waals surface area contributed by atoms with E-state index in [2.05, 4.69) is 21.3 Å². The Morgan fingerprint density at radius 2 is 2.00 bits per heavy atom. The van der Waals surface area contributed by atoms with E-state index in [0.717, 1.165) is 72.3 Å². The molecule has 2 aliphatic heterocycles. The summed E-state index contributed by atoms with van der Waals surface area (Å²) in [7, 11) is 0. The van der Waals surface area contributed by atoms with Crippen LogP contribution in [0.3, 0.4) is 0 Å². The van der Waals surface area contributed by atoms with Gasteiger partial charge in [-0.2, -0.15) is 0 Å². The summed E-state index contributed by atoms with van der Waals surface area (Å²) < 4.78 is 6.70. The van der Waals surface area contributed by atoms with Crippen molar-refractivity contribution in [2.24, 2.45) is 0 Å². The van der Waals surface area contributed by atoms with E-state index in [1.54, 1.807) is 0 Å². The van der Waals surface area contributed by atoms with Crippen molar-refractivity contribution in [1.29, 1.82) is 0 Å². The van der Waals surface area contributed by atoms with Crippen LogP contribution in [0, 0.1) is 0 Å². The second-order valence-electron chi connectivity index (χ2n) is 7.68. The Morgan fingerprint density at radius 3 is 2.77 bits per heavy atom.